The van der Waals surface area contributed by atoms with Gasteiger partial charge in [0, 0.05) is 24.0 Å². The van der Waals surface area contributed by atoms with Crippen LogP contribution in [0.4, 0.5) is 5.69 Å². The van der Waals surface area contributed by atoms with Crippen LogP contribution < -0.4 is 0 Å². The molecule has 22 heavy (non-hydrogen) atoms. The lowest BCUT2D eigenvalue weighted by molar-refractivity contribution is -0.385. The van der Waals surface area contributed by atoms with Gasteiger partial charge >= 0.3 is 0 Å². The SMILES string of the molecule is O=[N+]([O-])c1ccccc1CSc1nnnn1C[C@@H]1CCCO1. The number of para-hydroxylation sites is 1. The highest BCUT2D eigenvalue weighted by atomic mass is 32.2. The molecule has 9 heteroatoms. The van der Waals surface area contributed by atoms with Gasteiger partial charge in [0.05, 0.1) is 17.6 Å². The molecule has 0 spiro atoms. The lowest BCUT2D eigenvalue weighted by Crippen LogP contribution is -2.16. The summed E-state index contributed by atoms with van der Waals surface area (Å²) in [6.45, 7) is 1.40. The van der Waals surface area contributed by atoms with Gasteiger partial charge in [0.25, 0.3) is 5.69 Å². The van der Waals surface area contributed by atoms with Gasteiger partial charge in [-0.15, -0.1) is 5.10 Å². The Bertz CT molecular complexity index is 657. The van der Waals surface area contributed by atoms with Crippen molar-refractivity contribution in [3.63, 3.8) is 0 Å². The number of nitro groups is 1. The Hall–Kier alpha value is -2.00. The highest BCUT2D eigenvalue weighted by Gasteiger charge is 2.19. The molecule has 1 aromatic heterocycles. The third-order valence-electron chi connectivity index (χ3n) is 3.44. The van der Waals surface area contributed by atoms with Crippen molar-refractivity contribution >= 4 is 17.4 Å². The first-order chi connectivity index (χ1) is 10.7. The van der Waals surface area contributed by atoms with Crippen LogP contribution in [0.15, 0.2) is 29.4 Å². The van der Waals surface area contributed by atoms with Crippen LogP contribution in [0.2, 0.25) is 0 Å². The van der Waals surface area contributed by atoms with E-state index in [1.165, 1.54) is 17.8 Å². The monoisotopic (exact) mass is 321 g/mol. The molecule has 2 aromatic rings. The van der Waals surface area contributed by atoms with E-state index in [0.29, 0.717) is 23.0 Å². The lowest BCUT2D eigenvalue weighted by Gasteiger charge is -2.10. The number of thioether (sulfide) groups is 1. The summed E-state index contributed by atoms with van der Waals surface area (Å²) in [5.74, 6) is 0.447. The van der Waals surface area contributed by atoms with E-state index in [9.17, 15) is 10.1 Å². The van der Waals surface area contributed by atoms with Crippen LogP contribution in [0.5, 0.6) is 0 Å². The fourth-order valence-electron chi connectivity index (χ4n) is 2.35. The zero-order valence-electron chi connectivity index (χ0n) is 11.8. The lowest BCUT2D eigenvalue weighted by atomic mass is 10.2. The van der Waals surface area contributed by atoms with Crippen molar-refractivity contribution in [3.8, 4) is 0 Å². The average molecular weight is 321 g/mol. The number of ether oxygens (including phenoxy) is 1. The molecule has 1 saturated heterocycles. The van der Waals surface area contributed by atoms with Crippen molar-refractivity contribution in [1.82, 2.24) is 20.2 Å². The number of tetrazole rings is 1. The molecule has 0 saturated carbocycles. The number of aromatic nitrogens is 4. The van der Waals surface area contributed by atoms with Crippen molar-refractivity contribution < 1.29 is 9.66 Å². The number of nitro benzene ring substituents is 1. The smallest absolute Gasteiger partial charge is 0.273 e. The number of rotatable bonds is 6. The number of benzene rings is 1. The van der Waals surface area contributed by atoms with Crippen LogP contribution in [0.25, 0.3) is 0 Å². The summed E-state index contributed by atoms with van der Waals surface area (Å²) >= 11 is 1.39. The Morgan fingerprint density at radius 2 is 2.32 bits per heavy atom. The quantitative estimate of drug-likeness (QED) is 0.456. The van der Waals surface area contributed by atoms with E-state index in [1.54, 1.807) is 22.9 Å². The Labute approximate surface area is 131 Å². The van der Waals surface area contributed by atoms with Gasteiger partial charge in [0.15, 0.2) is 0 Å². The second-order valence-corrected chi connectivity index (χ2v) is 5.90. The first-order valence-electron chi connectivity index (χ1n) is 6.97. The topological polar surface area (TPSA) is 96.0 Å². The second-order valence-electron chi connectivity index (χ2n) is 4.95. The largest absolute Gasteiger partial charge is 0.376 e. The van der Waals surface area contributed by atoms with E-state index < -0.39 is 0 Å². The third kappa shape index (κ3) is 3.42. The number of hydrogen-bond donors (Lipinski definition) is 0. The van der Waals surface area contributed by atoms with E-state index in [2.05, 4.69) is 15.5 Å². The van der Waals surface area contributed by atoms with E-state index >= 15 is 0 Å². The number of nitrogens with zero attached hydrogens (tertiary/aromatic N) is 5. The zero-order chi connectivity index (χ0) is 15.4. The van der Waals surface area contributed by atoms with Crippen molar-refractivity contribution in [2.75, 3.05) is 6.61 Å². The van der Waals surface area contributed by atoms with Gasteiger partial charge in [-0.1, -0.05) is 30.0 Å². The molecule has 0 aliphatic carbocycles. The number of hydrogen-bond acceptors (Lipinski definition) is 7. The first kappa shape index (κ1) is 14.9. The molecule has 1 aliphatic heterocycles. The molecule has 1 aromatic carbocycles. The minimum atomic E-state index is -0.370. The van der Waals surface area contributed by atoms with Gasteiger partial charge in [-0.2, -0.15) is 0 Å². The molecule has 0 N–H and O–H groups in total. The molecule has 0 radical (unpaired) electrons. The molecule has 1 aliphatic rings. The summed E-state index contributed by atoms with van der Waals surface area (Å²) in [7, 11) is 0. The van der Waals surface area contributed by atoms with Crippen LogP contribution in [0.1, 0.15) is 18.4 Å². The fourth-order valence-corrected chi connectivity index (χ4v) is 3.23. The normalized spacial score (nSPS) is 17.7. The van der Waals surface area contributed by atoms with Crippen LogP contribution in [0.3, 0.4) is 0 Å². The van der Waals surface area contributed by atoms with E-state index in [-0.39, 0.29) is 16.7 Å². The maximum Gasteiger partial charge on any atom is 0.273 e. The minimum absolute atomic E-state index is 0.119. The Kier molecular flexibility index (Phi) is 4.64. The summed E-state index contributed by atoms with van der Waals surface area (Å²) < 4.78 is 7.28. The Morgan fingerprint density at radius 3 is 3.09 bits per heavy atom. The van der Waals surface area contributed by atoms with Crippen LogP contribution in [-0.4, -0.2) is 37.8 Å². The van der Waals surface area contributed by atoms with Crippen molar-refractivity contribution in [1.29, 1.82) is 0 Å². The molecule has 1 atom stereocenters. The van der Waals surface area contributed by atoms with Gasteiger partial charge in [0.2, 0.25) is 5.16 Å². The Balaban J connectivity index is 1.67. The fraction of sp³-hybridized carbons (Fsp3) is 0.462. The molecule has 8 nitrogen and oxygen atoms in total. The van der Waals surface area contributed by atoms with Gasteiger partial charge in [-0.3, -0.25) is 10.1 Å². The van der Waals surface area contributed by atoms with Crippen molar-refractivity contribution in [2.24, 2.45) is 0 Å². The molecule has 0 amide bonds. The summed E-state index contributed by atoms with van der Waals surface area (Å²) in [5.41, 5.74) is 0.775. The summed E-state index contributed by atoms with van der Waals surface area (Å²) in [4.78, 5) is 10.6. The Morgan fingerprint density at radius 1 is 1.45 bits per heavy atom. The predicted octanol–water partition coefficient (Wildman–Crippen LogP) is 2.05. The third-order valence-corrected chi connectivity index (χ3v) is 4.45. The van der Waals surface area contributed by atoms with Crippen molar-refractivity contribution in [3.05, 3.63) is 39.9 Å². The van der Waals surface area contributed by atoms with Crippen LogP contribution in [-0.2, 0) is 17.0 Å². The highest BCUT2D eigenvalue weighted by Crippen LogP contribution is 2.26. The maximum atomic E-state index is 11.0. The molecular weight excluding hydrogens is 306 g/mol. The van der Waals surface area contributed by atoms with Crippen LogP contribution >= 0.6 is 11.8 Å². The molecule has 0 unspecified atom stereocenters. The average Bonchev–Trinajstić information content (AvgIpc) is 3.18. The van der Waals surface area contributed by atoms with E-state index in [1.807, 2.05) is 0 Å². The second kappa shape index (κ2) is 6.84. The molecular formula is C13H15N5O3S. The highest BCUT2D eigenvalue weighted by molar-refractivity contribution is 7.98. The summed E-state index contributed by atoms with van der Waals surface area (Å²) in [6.07, 6.45) is 2.22. The molecule has 1 fully saturated rings. The predicted molar refractivity (Wildman–Crippen MR) is 79.4 cm³/mol. The minimum Gasteiger partial charge on any atom is -0.376 e. The van der Waals surface area contributed by atoms with Gasteiger partial charge in [-0.05, 0) is 23.3 Å². The van der Waals surface area contributed by atoms with Gasteiger partial charge in [-0.25, -0.2) is 4.68 Å². The molecule has 116 valence electrons. The van der Waals surface area contributed by atoms with E-state index in [0.717, 1.165) is 19.4 Å². The van der Waals surface area contributed by atoms with Gasteiger partial charge in [0.1, 0.15) is 0 Å². The zero-order valence-corrected chi connectivity index (χ0v) is 12.6. The van der Waals surface area contributed by atoms with Crippen LogP contribution in [0, 0.1) is 10.1 Å². The van der Waals surface area contributed by atoms with Crippen molar-refractivity contribution in [2.45, 2.75) is 36.4 Å². The maximum absolute atomic E-state index is 11.0. The van der Waals surface area contributed by atoms with E-state index in [4.69, 9.17) is 4.74 Å². The van der Waals surface area contributed by atoms with Gasteiger partial charge < -0.3 is 4.74 Å². The molecule has 3 rings (SSSR count). The summed E-state index contributed by atoms with van der Waals surface area (Å²) in [6, 6.07) is 6.70. The standard InChI is InChI=1S/C13H15N5O3S/c19-18(20)12-6-2-1-4-10(12)9-22-13-14-15-16-17(13)8-11-5-3-7-21-11/h1-2,4,6,11H,3,5,7-9H2/t11-/m0/s1. The molecule has 0 bridgehead atoms. The first-order valence-corrected chi connectivity index (χ1v) is 7.95. The summed E-state index contributed by atoms with van der Waals surface area (Å²) in [5, 5.41) is 23.3. The molecule has 2 heterocycles.